The lowest BCUT2D eigenvalue weighted by atomic mass is 10.1. The van der Waals surface area contributed by atoms with E-state index in [1.807, 2.05) is 31.2 Å². The van der Waals surface area contributed by atoms with Crippen LogP contribution in [-0.2, 0) is 25.5 Å². The molecule has 0 saturated carbocycles. The summed E-state index contributed by atoms with van der Waals surface area (Å²) in [5, 5.41) is 0. The first-order chi connectivity index (χ1) is 7.92. The largest absolute Gasteiger partial charge is 0.377 e. The molecule has 0 aliphatic carbocycles. The minimum absolute atomic E-state index is 0.0660. The molecule has 0 aliphatic rings. The maximum absolute atomic E-state index is 10.8. The van der Waals surface area contributed by atoms with Gasteiger partial charge in [-0.2, -0.15) is 8.42 Å². The van der Waals surface area contributed by atoms with Gasteiger partial charge in [0.25, 0.3) is 10.1 Å². The zero-order valence-electron chi connectivity index (χ0n) is 10.3. The van der Waals surface area contributed by atoms with Crippen molar-refractivity contribution in [3.05, 3.63) is 35.4 Å². The highest BCUT2D eigenvalue weighted by Gasteiger charge is 2.04. The highest BCUT2D eigenvalue weighted by Crippen LogP contribution is 2.16. The average Bonchev–Trinajstić information content (AvgIpc) is 2.27. The monoisotopic (exact) mass is 258 g/mol. The smallest absolute Gasteiger partial charge is 0.264 e. The van der Waals surface area contributed by atoms with Crippen LogP contribution in [0.25, 0.3) is 0 Å². The van der Waals surface area contributed by atoms with Crippen LogP contribution in [0.3, 0.4) is 0 Å². The fraction of sp³-hybridized carbons (Fsp3) is 0.500. The van der Waals surface area contributed by atoms with Crippen molar-refractivity contribution in [2.24, 2.45) is 0 Å². The molecule has 0 bridgehead atoms. The molecule has 0 fully saturated rings. The minimum Gasteiger partial charge on any atom is -0.377 e. The Morgan fingerprint density at radius 1 is 1.24 bits per heavy atom. The number of rotatable bonds is 6. The normalized spacial score (nSPS) is 13.6. The summed E-state index contributed by atoms with van der Waals surface area (Å²) in [5.41, 5.74) is 2.14. The first kappa shape index (κ1) is 14.2. The molecule has 1 rings (SSSR count). The van der Waals surface area contributed by atoms with Crippen LogP contribution >= 0.6 is 0 Å². The average molecular weight is 258 g/mol. The van der Waals surface area contributed by atoms with Crippen molar-refractivity contribution in [2.45, 2.75) is 19.4 Å². The number of benzene rings is 1. The fourth-order valence-corrected chi connectivity index (χ4v) is 1.79. The summed E-state index contributed by atoms with van der Waals surface area (Å²) >= 11 is 0. The molecule has 0 spiro atoms. The molecule has 1 aromatic carbocycles. The zero-order chi connectivity index (χ0) is 12.9. The Balaban J connectivity index is 2.51. The molecule has 0 radical (unpaired) electrons. The molecule has 0 aromatic heterocycles. The van der Waals surface area contributed by atoms with Crippen LogP contribution in [-0.4, -0.2) is 28.4 Å². The van der Waals surface area contributed by atoms with Gasteiger partial charge in [0.15, 0.2) is 0 Å². The van der Waals surface area contributed by atoms with Crippen LogP contribution in [0.4, 0.5) is 0 Å². The predicted octanol–water partition coefficient (Wildman–Crippen LogP) is 1.91. The Morgan fingerprint density at radius 2 is 1.82 bits per heavy atom. The van der Waals surface area contributed by atoms with Gasteiger partial charge in [-0.3, -0.25) is 4.18 Å². The first-order valence-corrected chi connectivity index (χ1v) is 7.20. The number of hydrogen-bond donors (Lipinski definition) is 0. The van der Waals surface area contributed by atoms with Gasteiger partial charge in [0.1, 0.15) is 0 Å². The summed E-state index contributed by atoms with van der Waals surface area (Å²) in [7, 11) is -1.67. The number of ether oxygens (including phenoxy) is 1. The van der Waals surface area contributed by atoms with Gasteiger partial charge in [-0.25, -0.2) is 0 Å². The van der Waals surface area contributed by atoms with E-state index >= 15 is 0 Å². The van der Waals surface area contributed by atoms with E-state index in [1.54, 1.807) is 7.11 Å². The van der Waals surface area contributed by atoms with E-state index in [4.69, 9.17) is 4.74 Å². The van der Waals surface area contributed by atoms with Gasteiger partial charge >= 0.3 is 0 Å². The molecule has 1 unspecified atom stereocenters. The molecular formula is C12H18O4S. The molecule has 5 heteroatoms. The number of hydrogen-bond acceptors (Lipinski definition) is 4. The third-order valence-electron chi connectivity index (χ3n) is 2.49. The summed E-state index contributed by atoms with van der Waals surface area (Å²) in [4.78, 5) is 0. The highest BCUT2D eigenvalue weighted by molar-refractivity contribution is 7.85. The lowest BCUT2D eigenvalue weighted by molar-refractivity contribution is 0.119. The Hall–Kier alpha value is -0.910. The van der Waals surface area contributed by atoms with Crippen molar-refractivity contribution < 1.29 is 17.3 Å². The van der Waals surface area contributed by atoms with Gasteiger partial charge < -0.3 is 4.74 Å². The molecule has 0 N–H and O–H groups in total. The Kier molecular flexibility index (Phi) is 5.11. The Morgan fingerprint density at radius 3 is 2.29 bits per heavy atom. The molecule has 1 aromatic rings. The van der Waals surface area contributed by atoms with E-state index in [2.05, 4.69) is 4.18 Å². The van der Waals surface area contributed by atoms with Gasteiger partial charge in [-0.15, -0.1) is 0 Å². The molecule has 0 aliphatic heterocycles. The second kappa shape index (κ2) is 6.14. The van der Waals surface area contributed by atoms with Gasteiger partial charge in [-0.05, 0) is 24.5 Å². The van der Waals surface area contributed by atoms with Crippen molar-refractivity contribution >= 4 is 10.1 Å². The standard InChI is InChI=1S/C12H18O4S/c1-10(15-2)12-6-4-11(5-7-12)8-9-16-17(3,13)14/h4-7,10H,8-9H2,1-3H3. The third kappa shape index (κ3) is 5.30. The van der Waals surface area contributed by atoms with E-state index in [0.29, 0.717) is 6.42 Å². The van der Waals surface area contributed by atoms with Crippen molar-refractivity contribution in [1.82, 2.24) is 0 Å². The lowest BCUT2D eigenvalue weighted by Gasteiger charge is -2.10. The molecule has 0 heterocycles. The second-order valence-electron chi connectivity index (χ2n) is 3.90. The van der Waals surface area contributed by atoms with Gasteiger partial charge in [0.2, 0.25) is 0 Å². The van der Waals surface area contributed by atoms with E-state index in [0.717, 1.165) is 17.4 Å². The van der Waals surface area contributed by atoms with Crippen molar-refractivity contribution in [3.8, 4) is 0 Å². The summed E-state index contributed by atoms with van der Waals surface area (Å²) in [6.07, 6.45) is 1.70. The second-order valence-corrected chi connectivity index (χ2v) is 5.54. The van der Waals surface area contributed by atoms with Crippen LogP contribution in [0.15, 0.2) is 24.3 Å². The Labute approximate surface area is 103 Å². The first-order valence-electron chi connectivity index (χ1n) is 5.38. The zero-order valence-corrected chi connectivity index (χ0v) is 11.2. The van der Waals surface area contributed by atoms with E-state index in [9.17, 15) is 8.42 Å². The van der Waals surface area contributed by atoms with Crippen LogP contribution < -0.4 is 0 Å². The van der Waals surface area contributed by atoms with Gasteiger partial charge in [0, 0.05) is 7.11 Å². The molecule has 1 atom stereocenters. The quantitative estimate of drug-likeness (QED) is 0.731. The van der Waals surface area contributed by atoms with E-state index in [1.165, 1.54) is 0 Å². The maximum Gasteiger partial charge on any atom is 0.264 e. The predicted molar refractivity (Wildman–Crippen MR) is 66.4 cm³/mol. The molecule has 17 heavy (non-hydrogen) atoms. The van der Waals surface area contributed by atoms with E-state index < -0.39 is 10.1 Å². The van der Waals surface area contributed by atoms with Gasteiger partial charge in [0.05, 0.1) is 19.0 Å². The highest BCUT2D eigenvalue weighted by atomic mass is 32.2. The molecule has 4 nitrogen and oxygen atoms in total. The summed E-state index contributed by atoms with van der Waals surface area (Å²) in [6.45, 7) is 2.15. The van der Waals surface area contributed by atoms with Crippen molar-refractivity contribution in [1.29, 1.82) is 0 Å². The van der Waals surface area contributed by atoms with Crippen LogP contribution in [0, 0.1) is 0 Å². The van der Waals surface area contributed by atoms with Crippen LogP contribution in [0.1, 0.15) is 24.2 Å². The Bertz CT molecular complexity index is 436. The SMILES string of the molecule is COC(C)c1ccc(CCOS(C)(=O)=O)cc1. The van der Waals surface area contributed by atoms with Crippen LogP contribution in [0.5, 0.6) is 0 Å². The maximum atomic E-state index is 10.8. The summed E-state index contributed by atoms with van der Waals surface area (Å²) < 4.78 is 31.4. The minimum atomic E-state index is -3.34. The fourth-order valence-electron chi connectivity index (χ4n) is 1.40. The summed E-state index contributed by atoms with van der Waals surface area (Å²) in [5.74, 6) is 0. The summed E-state index contributed by atoms with van der Waals surface area (Å²) in [6, 6.07) is 7.86. The van der Waals surface area contributed by atoms with Crippen molar-refractivity contribution in [3.63, 3.8) is 0 Å². The molecule has 0 amide bonds. The van der Waals surface area contributed by atoms with Crippen LogP contribution in [0.2, 0.25) is 0 Å². The molecular weight excluding hydrogens is 240 g/mol. The molecule has 0 saturated heterocycles. The number of methoxy groups -OCH3 is 1. The molecule has 96 valence electrons. The van der Waals surface area contributed by atoms with Crippen molar-refractivity contribution in [2.75, 3.05) is 20.0 Å². The van der Waals surface area contributed by atoms with E-state index in [-0.39, 0.29) is 12.7 Å². The topological polar surface area (TPSA) is 52.6 Å². The van der Waals surface area contributed by atoms with Gasteiger partial charge in [-0.1, -0.05) is 24.3 Å². The lowest BCUT2D eigenvalue weighted by Crippen LogP contribution is -2.06. The third-order valence-corrected chi connectivity index (χ3v) is 3.09.